The van der Waals surface area contributed by atoms with Crippen LogP contribution >= 0.6 is 11.3 Å². The van der Waals surface area contributed by atoms with Gasteiger partial charge in [-0.25, -0.2) is 0 Å². The summed E-state index contributed by atoms with van der Waals surface area (Å²) in [6.07, 6.45) is 0. The molecule has 336 valence electrons. The Kier molecular flexibility index (Phi) is 10.4. The van der Waals surface area contributed by atoms with Crippen molar-refractivity contribution in [1.82, 2.24) is 0 Å². The van der Waals surface area contributed by atoms with Crippen molar-refractivity contribution in [3.05, 3.63) is 192 Å². The van der Waals surface area contributed by atoms with Crippen molar-refractivity contribution < 1.29 is 0 Å². The molecule has 0 fully saturated rings. The summed E-state index contributed by atoms with van der Waals surface area (Å²) in [5, 5.41) is 13.0. The van der Waals surface area contributed by atoms with Crippen molar-refractivity contribution in [2.75, 3.05) is 0 Å². The smallest absolute Gasteiger partial charge is 0.0361 e. The van der Waals surface area contributed by atoms with E-state index in [0.29, 0.717) is 5.92 Å². The van der Waals surface area contributed by atoms with Crippen molar-refractivity contribution in [1.29, 1.82) is 0 Å². The van der Waals surface area contributed by atoms with Gasteiger partial charge in [-0.1, -0.05) is 234 Å². The van der Waals surface area contributed by atoms with Gasteiger partial charge in [-0.15, -0.1) is 11.3 Å². The minimum Gasteiger partial charge on any atom is -0.135 e. The van der Waals surface area contributed by atoms with Gasteiger partial charge in [0, 0.05) is 20.2 Å². The lowest BCUT2D eigenvalue weighted by Crippen LogP contribution is -2.16. The van der Waals surface area contributed by atoms with Crippen LogP contribution in [0.2, 0.25) is 0 Å². The van der Waals surface area contributed by atoms with E-state index in [1.807, 2.05) is 11.3 Å². The maximum Gasteiger partial charge on any atom is 0.0361 e. The zero-order valence-corrected chi connectivity index (χ0v) is 42.5. The molecule has 0 unspecified atom stereocenters. The lowest BCUT2D eigenvalue weighted by atomic mass is 9.77. The maximum atomic E-state index is 2.48. The van der Waals surface area contributed by atoms with Crippen LogP contribution in [0, 0.1) is 0 Å². The molecule has 0 radical (unpaired) electrons. The Morgan fingerprint density at radius 1 is 0.324 bits per heavy atom. The lowest BCUT2D eigenvalue weighted by Gasteiger charge is -2.27. The first-order chi connectivity index (χ1) is 32.5. The van der Waals surface area contributed by atoms with E-state index in [2.05, 4.69) is 246 Å². The predicted molar refractivity (Wildman–Crippen MR) is 301 cm³/mol. The second-order valence-electron chi connectivity index (χ2n) is 22.7. The molecular weight excluding hydrogens is 837 g/mol. The van der Waals surface area contributed by atoms with Crippen molar-refractivity contribution in [2.45, 2.75) is 98.3 Å². The standard InChI is InChI=1S/C67H62S/c1-40(2)42-33-43(35-45(34-42)65(3,4)5)61-50-23-14-12-21-48(50)60(49-22-13-15-24-51(49)61)41-31-32-56-59(38-41)68-58-30-20-29-57(64(56)58)63-54-27-18-16-25-52(54)62(53-26-17-19-28-55(53)63)44-36-46(66(6,7)8)39-47(37-44)67(9,10)11/h12-40H,1-11H3. The van der Waals surface area contributed by atoms with E-state index < -0.39 is 0 Å². The summed E-state index contributed by atoms with van der Waals surface area (Å²) in [4.78, 5) is 0. The highest BCUT2D eigenvalue weighted by molar-refractivity contribution is 7.26. The molecule has 1 heteroatoms. The highest BCUT2D eigenvalue weighted by Crippen LogP contribution is 2.51. The monoisotopic (exact) mass is 898 g/mol. The molecule has 68 heavy (non-hydrogen) atoms. The Hall–Kier alpha value is -6.54. The first kappa shape index (κ1) is 44.0. The molecule has 11 rings (SSSR count). The Morgan fingerprint density at radius 2 is 0.721 bits per heavy atom. The van der Waals surface area contributed by atoms with Crippen molar-refractivity contribution in [3.8, 4) is 44.5 Å². The van der Waals surface area contributed by atoms with E-state index in [1.165, 1.54) is 130 Å². The van der Waals surface area contributed by atoms with Crippen molar-refractivity contribution in [3.63, 3.8) is 0 Å². The molecule has 0 saturated carbocycles. The van der Waals surface area contributed by atoms with Crippen LogP contribution in [0.4, 0.5) is 0 Å². The molecule has 10 aromatic carbocycles. The van der Waals surface area contributed by atoms with Crippen LogP contribution in [0.3, 0.4) is 0 Å². The van der Waals surface area contributed by atoms with Crippen molar-refractivity contribution in [2.24, 2.45) is 0 Å². The third kappa shape index (κ3) is 7.33. The summed E-state index contributed by atoms with van der Waals surface area (Å²) in [5.41, 5.74) is 15.9. The van der Waals surface area contributed by atoms with Crippen molar-refractivity contribution >= 4 is 74.6 Å². The molecule has 0 aliphatic carbocycles. The van der Waals surface area contributed by atoms with Crippen LogP contribution in [0.15, 0.2) is 170 Å². The van der Waals surface area contributed by atoms with E-state index in [1.54, 1.807) is 0 Å². The molecule has 0 aliphatic heterocycles. The average Bonchev–Trinajstić information content (AvgIpc) is 3.69. The van der Waals surface area contributed by atoms with E-state index in [4.69, 9.17) is 0 Å². The maximum absolute atomic E-state index is 2.48. The Labute approximate surface area is 407 Å². The number of hydrogen-bond acceptors (Lipinski definition) is 1. The number of benzene rings is 10. The van der Waals surface area contributed by atoms with E-state index >= 15 is 0 Å². The molecule has 0 atom stereocenters. The number of hydrogen-bond donors (Lipinski definition) is 0. The third-order valence-corrected chi connectivity index (χ3v) is 15.8. The largest absolute Gasteiger partial charge is 0.135 e. The van der Waals surface area contributed by atoms with Crippen LogP contribution in [-0.2, 0) is 16.2 Å². The van der Waals surface area contributed by atoms with Gasteiger partial charge in [0.1, 0.15) is 0 Å². The zero-order valence-electron chi connectivity index (χ0n) is 41.7. The summed E-state index contributed by atoms with van der Waals surface area (Å²) >= 11 is 1.92. The Morgan fingerprint density at radius 3 is 1.15 bits per heavy atom. The minimum atomic E-state index is 0.0110. The Balaban J connectivity index is 1.14. The molecule has 0 aliphatic rings. The first-order valence-electron chi connectivity index (χ1n) is 24.6. The molecular formula is C67H62S. The summed E-state index contributed by atoms with van der Waals surface area (Å²) < 4.78 is 2.62. The summed E-state index contributed by atoms with van der Waals surface area (Å²) in [6.45, 7) is 25.6. The molecule has 0 bridgehead atoms. The fraction of sp³-hybridized carbons (Fsp3) is 0.224. The number of fused-ring (bicyclic) bond motifs is 7. The van der Waals surface area contributed by atoms with Crippen LogP contribution in [-0.4, -0.2) is 0 Å². The lowest BCUT2D eigenvalue weighted by molar-refractivity contribution is 0.569. The fourth-order valence-corrected chi connectivity index (χ4v) is 12.0. The molecule has 0 N–H and O–H groups in total. The van der Waals surface area contributed by atoms with Gasteiger partial charge in [0.2, 0.25) is 0 Å². The molecule has 0 amide bonds. The second-order valence-corrected chi connectivity index (χ2v) is 23.8. The first-order valence-corrected chi connectivity index (χ1v) is 25.4. The summed E-state index contributed by atoms with van der Waals surface area (Å²) in [7, 11) is 0. The molecule has 0 spiro atoms. The molecule has 11 aromatic rings. The summed E-state index contributed by atoms with van der Waals surface area (Å²) in [5.74, 6) is 0.427. The van der Waals surface area contributed by atoms with Gasteiger partial charge in [-0.05, 0) is 144 Å². The van der Waals surface area contributed by atoms with E-state index in [0.717, 1.165) is 0 Å². The normalized spacial score (nSPS) is 12.8. The second kappa shape index (κ2) is 16.0. The highest BCUT2D eigenvalue weighted by Gasteiger charge is 2.26. The molecule has 1 heterocycles. The molecule has 0 nitrogen and oxygen atoms in total. The van der Waals surface area contributed by atoms with Crippen LogP contribution < -0.4 is 0 Å². The quantitative estimate of drug-likeness (QED) is 0.151. The zero-order chi connectivity index (χ0) is 47.4. The van der Waals surface area contributed by atoms with Crippen LogP contribution in [0.25, 0.3) is 108 Å². The van der Waals surface area contributed by atoms with Gasteiger partial charge in [0.15, 0.2) is 0 Å². The SMILES string of the molecule is CC(C)c1cc(-c2c3ccccc3c(-c3ccc4c(c3)sc3cccc(-c5c6ccccc6c(-c6cc(C(C)(C)C)cc(C(C)(C)C)c6)c6ccccc56)c34)c3ccccc23)cc(C(C)(C)C)c1. The Bertz CT molecular complexity index is 3670. The topological polar surface area (TPSA) is 0 Å². The predicted octanol–water partition coefficient (Wildman–Crippen LogP) is 20.4. The van der Waals surface area contributed by atoms with Crippen LogP contribution in [0.1, 0.15) is 104 Å². The minimum absolute atomic E-state index is 0.0110. The highest BCUT2D eigenvalue weighted by atomic mass is 32.1. The molecule has 1 aromatic heterocycles. The molecule has 0 saturated heterocycles. The van der Waals surface area contributed by atoms with Gasteiger partial charge < -0.3 is 0 Å². The van der Waals surface area contributed by atoms with Gasteiger partial charge in [-0.3, -0.25) is 0 Å². The number of thiophene rings is 1. The van der Waals surface area contributed by atoms with Gasteiger partial charge >= 0.3 is 0 Å². The fourth-order valence-electron chi connectivity index (χ4n) is 10.9. The van der Waals surface area contributed by atoms with E-state index in [9.17, 15) is 0 Å². The number of rotatable bonds is 5. The van der Waals surface area contributed by atoms with E-state index in [-0.39, 0.29) is 16.2 Å². The average molecular weight is 899 g/mol. The van der Waals surface area contributed by atoms with Gasteiger partial charge in [0.25, 0.3) is 0 Å². The van der Waals surface area contributed by atoms with Gasteiger partial charge in [-0.2, -0.15) is 0 Å². The van der Waals surface area contributed by atoms with Gasteiger partial charge in [0.05, 0.1) is 0 Å². The summed E-state index contributed by atoms with van der Waals surface area (Å²) in [6, 6.07) is 65.4. The van der Waals surface area contributed by atoms with Crippen LogP contribution in [0.5, 0.6) is 0 Å². The third-order valence-electron chi connectivity index (χ3n) is 14.6.